The number of nitrogens with one attached hydrogen (secondary N) is 1. The number of morpholine rings is 1. The van der Waals surface area contributed by atoms with Crippen LogP contribution < -0.4 is 5.32 Å². The number of ether oxygens (including phenoxy) is 1. The van der Waals surface area contributed by atoms with Gasteiger partial charge in [-0.05, 0) is 43.7 Å². The number of hydrogen-bond acceptors (Lipinski definition) is 4. The fraction of sp³-hybridized carbons (Fsp3) is 0.350. The number of amides is 1. The molecule has 144 valence electrons. The van der Waals surface area contributed by atoms with E-state index < -0.39 is 15.6 Å². The maximum Gasteiger partial charge on any atom is 0.243 e. The highest BCUT2D eigenvalue weighted by atomic mass is 32.2. The van der Waals surface area contributed by atoms with E-state index in [1.165, 1.54) is 16.4 Å². The molecule has 27 heavy (non-hydrogen) atoms. The molecule has 0 bridgehead atoms. The van der Waals surface area contributed by atoms with Crippen molar-refractivity contribution in [2.24, 2.45) is 0 Å². The van der Waals surface area contributed by atoms with Crippen LogP contribution in [0.3, 0.4) is 0 Å². The van der Waals surface area contributed by atoms with Gasteiger partial charge in [0.05, 0.1) is 30.1 Å². The zero-order valence-electron chi connectivity index (χ0n) is 15.5. The zero-order valence-corrected chi connectivity index (χ0v) is 16.3. The van der Waals surface area contributed by atoms with Crippen LogP contribution in [0.2, 0.25) is 0 Å². The van der Waals surface area contributed by atoms with Gasteiger partial charge in [0.25, 0.3) is 0 Å². The molecule has 7 heteroatoms. The van der Waals surface area contributed by atoms with Gasteiger partial charge in [0.15, 0.2) is 0 Å². The number of benzene rings is 2. The maximum absolute atomic E-state index is 13.0. The van der Waals surface area contributed by atoms with Crippen molar-refractivity contribution in [1.29, 1.82) is 0 Å². The molecule has 1 amide bonds. The van der Waals surface area contributed by atoms with Crippen LogP contribution in [-0.2, 0) is 26.0 Å². The van der Waals surface area contributed by atoms with Crippen LogP contribution in [0.25, 0.3) is 0 Å². The van der Waals surface area contributed by atoms with Crippen molar-refractivity contribution < 1.29 is 17.9 Å². The molecule has 0 atom stereocenters. The minimum absolute atomic E-state index is 0.147. The number of hydrogen-bond donors (Lipinski definition) is 1. The number of nitrogens with zero attached hydrogens (tertiary/aromatic N) is 1. The van der Waals surface area contributed by atoms with Crippen LogP contribution >= 0.6 is 0 Å². The molecule has 0 unspecified atom stereocenters. The summed E-state index contributed by atoms with van der Waals surface area (Å²) in [6, 6.07) is 15.7. The van der Waals surface area contributed by atoms with Crippen LogP contribution in [0, 0.1) is 0 Å². The highest BCUT2D eigenvalue weighted by molar-refractivity contribution is 7.89. The minimum Gasteiger partial charge on any atom is -0.378 e. The molecule has 1 heterocycles. The first kappa shape index (κ1) is 19.5. The van der Waals surface area contributed by atoms with E-state index >= 15 is 0 Å². The Hall–Kier alpha value is -2.22. The summed E-state index contributed by atoms with van der Waals surface area (Å²) in [5, 5.41) is 2.80. The third kappa shape index (κ3) is 4.55. The van der Waals surface area contributed by atoms with E-state index in [-0.39, 0.29) is 17.2 Å². The van der Waals surface area contributed by atoms with Gasteiger partial charge in [-0.1, -0.05) is 30.3 Å². The summed E-state index contributed by atoms with van der Waals surface area (Å²) in [5.41, 5.74) is 0.888. The van der Waals surface area contributed by atoms with Crippen molar-refractivity contribution in [3.63, 3.8) is 0 Å². The predicted octanol–water partition coefficient (Wildman–Crippen LogP) is 2.67. The van der Waals surface area contributed by atoms with Gasteiger partial charge in [-0.2, -0.15) is 4.31 Å². The molecule has 1 aliphatic heterocycles. The first-order valence-corrected chi connectivity index (χ1v) is 10.3. The van der Waals surface area contributed by atoms with E-state index in [4.69, 9.17) is 4.74 Å². The Kier molecular flexibility index (Phi) is 5.64. The van der Waals surface area contributed by atoms with E-state index in [0.29, 0.717) is 25.4 Å². The topological polar surface area (TPSA) is 75.7 Å². The van der Waals surface area contributed by atoms with Gasteiger partial charge < -0.3 is 10.1 Å². The normalized spacial score (nSPS) is 17.4. The van der Waals surface area contributed by atoms with Crippen LogP contribution in [0.5, 0.6) is 0 Å². The van der Waals surface area contributed by atoms with E-state index in [1.807, 2.05) is 44.2 Å². The quantitative estimate of drug-likeness (QED) is 0.854. The summed E-state index contributed by atoms with van der Waals surface area (Å²) >= 11 is 0. The second kappa shape index (κ2) is 7.80. The molecule has 1 fully saturated rings. The van der Waals surface area contributed by atoms with Gasteiger partial charge in [0.1, 0.15) is 0 Å². The monoisotopic (exact) mass is 388 g/mol. The maximum atomic E-state index is 13.0. The van der Waals surface area contributed by atoms with Crippen LogP contribution in [0.1, 0.15) is 19.4 Å². The predicted molar refractivity (Wildman–Crippen MR) is 104 cm³/mol. The lowest BCUT2D eigenvalue weighted by atomic mass is 10.1. The van der Waals surface area contributed by atoms with Gasteiger partial charge in [-0.15, -0.1) is 0 Å². The zero-order chi connectivity index (χ0) is 19.5. The first-order chi connectivity index (χ1) is 12.8. The molecular weight excluding hydrogens is 364 g/mol. The van der Waals surface area contributed by atoms with E-state index in [0.717, 1.165) is 5.56 Å². The summed E-state index contributed by atoms with van der Waals surface area (Å²) in [7, 11) is -3.62. The van der Waals surface area contributed by atoms with Crippen molar-refractivity contribution in [3.05, 3.63) is 60.2 Å². The van der Waals surface area contributed by atoms with E-state index in [1.54, 1.807) is 12.1 Å². The Morgan fingerprint density at radius 3 is 2.41 bits per heavy atom. The van der Waals surface area contributed by atoms with Crippen molar-refractivity contribution in [2.75, 3.05) is 25.1 Å². The molecule has 2 aromatic carbocycles. The molecule has 0 saturated carbocycles. The van der Waals surface area contributed by atoms with E-state index in [9.17, 15) is 13.2 Å². The van der Waals surface area contributed by atoms with Gasteiger partial charge in [0.2, 0.25) is 15.9 Å². The summed E-state index contributed by atoms with van der Waals surface area (Å²) < 4.78 is 32.8. The number of rotatable bonds is 5. The molecule has 0 aliphatic carbocycles. The van der Waals surface area contributed by atoms with Gasteiger partial charge >= 0.3 is 0 Å². The largest absolute Gasteiger partial charge is 0.378 e. The molecule has 1 aliphatic rings. The molecule has 6 nitrogen and oxygen atoms in total. The van der Waals surface area contributed by atoms with Crippen molar-refractivity contribution in [3.8, 4) is 0 Å². The number of carbonyl (C=O) groups is 1. The van der Waals surface area contributed by atoms with Crippen molar-refractivity contribution >= 4 is 21.6 Å². The summed E-state index contributed by atoms with van der Waals surface area (Å²) in [6.07, 6.45) is 0.267. The van der Waals surface area contributed by atoms with Gasteiger partial charge in [-0.25, -0.2) is 8.42 Å². The minimum atomic E-state index is -3.62. The molecule has 1 N–H and O–H groups in total. The van der Waals surface area contributed by atoms with Gasteiger partial charge in [-0.3, -0.25) is 4.79 Å². The highest BCUT2D eigenvalue weighted by Gasteiger charge is 2.39. The highest BCUT2D eigenvalue weighted by Crippen LogP contribution is 2.28. The van der Waals surface area contributed by atoms with Crippen molar-refractivity contribution in [1.82, 2.24) is 4.31 Å². The molecule has 0 aromatic heterocycles. The lowest BCUT2D eigenvalue weighted by Gasteiger charge is -2.40. The third-order valence-corrected chi connectivity index (χ3v) is 6.63. The summed E-state index contributed by atoms with van der Waals surface area (Å²) in [5.74, 6) is -0.147. The fourth-order valence-corrected chi connectivity index (χ4v) is 4.87. The van der Waals surface area contributed by atoms with E-state index in [2.05, 4.69) is 5.32 Å². The Balaban J connectivity index is 1.70. The third-order valence-electron chi connectivity index (χ3n) is 4.50. The number of anilines is 1. The first-order valence-electron chi connectivity index (χ1n) is 8.83. The average Bonchev–Trinajstić information content (AvgIpc) is 2.62. The number of carbonyl (C=O) groups excluding carboxylic acids is 1. The van der Waals surface area contributed by atoms with Crippen molar-refractivity contribution in [2.45, 2.75) is 30.7 Å². The van der Waals surface area contributed by atoms with Gasteiger partial charge in [0, 0.05) is 12.2 Å². The molecule has 1 saturated heterocycles. The Labute approximate surface area is 160 Å². The molecule has 0 spiro atoms. The lowest BCUT2D eigenvalue weighted by molar-refractivity contribution is -0.115. The second-order valence-corrected chi connectivity index (χ2v) is 9.04. The Morgan fingerprint density at radius 1 is 1.11 bits per heavy atom. The summed E-state index contributed by atoms with van der Waals surface area (Å²) in [4.78, 5) is 12.4. The molecule has 3 rings (SSSR count). The Morgan fingerprint density at radius 2 is 1.78 bits per heavy atom. The number of sulfonamides is 1. The second-order valence-electron chi connectivity index (χ2n) is 7.18. The smallest absolute Gasteiger partial charge is 0.243 e. The van der Waals surface area contributed by atoms with Crippen LogP contribution in [0.4, 0.5) is 5.69 Å². The molecule has 0 radical (unpaired) electrons. The lowest BCUT2D eigenvalue weighted by Crippen LogP contribution is -2.55. The van der Waals surface area contributed by atoms with Crippen LogP contribution in [-0.4, -0.2) is 43.9 Å². The standard InChI is InChI=1S/C20H24N2O4S/c1-20(2)15-26-13-12-22(20)27(24,25)18-10-8-17(9-11-18)21-19(23)14-16-6-4-3-5-7-16/h3-11H,12-15H2,1-2H3,(H,21,23). The Bertz CT molecular complexity index is 893. The SMILES string of the molecule is CC1(C)COCCN1S(=O)(=O)c1ccc(NC(=O)Cc2ccccc2)cc1. The molecular formula is C20H24N2O4S. The van der Waals surface area contributed by atoms with Crippen LogP contribution in [0.15, 0.2) is 59.5 Å². The average molecular weight is 388 g/mol. The molecule has 2 aromatic rings. The fourth-order valence-electron chi connectivity index (χ4n) is 3.11. The summed E-state index contributed by atoms with van der Waals surface area (Å²) in [6.45, 7) is 4.77.